The molecular formula is C16H19BrO3. The van der Waals surface area contributed by atoms with Crippen molar-refractivity contribution in [2.45, 2.75) is 32.6 Å². The zero-order valence-electron chi connectivity index (χ0n) is 11.6. The number of benzene rings is 1. The minimum atomic E-state index is -0.933. The maximum absolute atomic E-state index is 11.3. The van der Waals surface area contributed by atoms with Crippen LogP contribution in [0.15, 0.2) is 16.6 Å². The summed E-state index contributed by atoms with van der Waals surface area (Å²) in [5, 5.41) is 9.31. The summed E-state index contributed by atoms with van der Waals surface area (Å²) in [6.45, 7) is 2.55. The highest BCUT2D eigenvalue weighted by atomic mass is 79.9. The molecule has 4 heteroatoms. The quantitative estimate of drug-likeness (QED) is 0.891. The number of hydrogen-bond acceptors (Lipinski definition) is 2. The summed E-state index contributed by atoms with van der Waals surface area (Å²) in [6.07, 6.45) is 5.30. The number of carboxylic acid groups (broad SMARTS) is 1. The minimum absolute atomic E-state index is 0.250. The number of carboxylic acids is 1. The van der Waals surface area contributed by atoms with E-state index in [0.29, 0.717) is 18.3 Å². The fourth-order valence-electron chi connectivity index (χ4n) is 3.85. The molecule has 2 bridgehead atoms. The maximum Gasteiger partial charge on any atom is 0.339 e. The lowest BCUT2D eigenvalue weighted by atomic mass is 9.89. The van der Waals surface area contributed by atoms with Crippen molar-refractivity contribution >= 4 is 21.9 Å². The highest BCUT2D eigenvalue weighted by Crippen LogP contribution is 2.48. The third-order valence-electron chi connectivity index (χ3n) is 4.80. The summed E-state index contributed by atoms with van der Waals surface area (Å²) >= 11 is 3.34. The van der Waals surface area contributed by atoms with Crippen molar-refractivity contribution in [3.8, 4) is 5.75 Å². The summed E-state index contributed by atoms with van der Waals surface area (Å²) in [5.74, 6) is 1.89. The third-order valence-corrected chi connectivity index (χ3v) is 5.25. The van der Waals surface area contributed by atoms with Crippen molar-refractivity contribution in [2.75, 3.05) is 6.61 Å². The zero-order valence-corrected chi connectivity index (χ0v) is 13.1. The molecule has 2 aliphatic rings. The predicted molar refractivity (Wildman–Crippen MR) is 80.3 cm³/mol. The highest BCUT2D eigenvalue weighted by Gasteiger charge is 2.39. The van der Waals surface area contributed by atoms with E-state index in [1.807, 2.05) is 13.0 Å². The summed E-state index contributed by atoms with van der Waals surface area (Å²) in [6, 6.07) is 3.52. The molecule has 3 unspecified atom stereocenters. The maximum atomic E-state index is 11.3. The summed E-state index contributed by atoms with van der Waals surface area (Å²) in [4.78, 5) is 11.3. The molecule has 20 heavy (non-hydrogen) atoms. The Hall–Kier alpha value is -1.03. The third kappa shape index (κ3) is 2.58. The van der Waals surface area contributed by atoms with E-state index in [-0.39, 0.29) is 5.56 Å². The average Bonchev–Trinajstić information content (AvgIpc) is 2.98. The molecule has 1 aromatic rings. The first-order chi connectivity index (χ1) is 9.54. The molecule has 2 fully saturated rings. The SMILES string of the molecule is Cc1cc(Br)cc(C(=O)O)c1OCC1CC2CCC1C2. The van der Waals surface area contributed by atoms with E-state index in [1.54, 1.807) is 6.07 Å². The van der Waals surface area contributed by atoms with Crippen LogP contribution in [0.25, 0.3) is 0 Å². The van der Waals surface area contributed by atoms with Gasteiger partial charge in [-0.2, -0.15) is 0 Å². The molecule has 1 aromatic carbocycles. The van der Waals surface area contributed by atoms with Gasteiger partial charge in [0.15, 0.2) is 0 Å². The van der Waals surface area contributed by atoms with E-state index in [1.165, 1.54) is 25.7 Å². The van der Waals surface area contributed by atoms with Crippen molar-refractivity contribution in [3.05, 3.63) is 27.7 Å². The second-order valence-corrected chi connectivity index (χ2v) is 7.07. The number of halogens is 1. The Morgan fingerprint density at radius 1 is 1.40 bits per heavy atom. The number of aromatic carboxylic acids is 1. The molecule has 3 rings (SSSR count). The smallest absolute Gasteiger partial charge is 0.339 e. The Morgan fingerprint density at radius 3 is 2.80 bits per heavy atom. The highest BCUT2D eigenvalue weighted by molar-refractivity contribution is 9.10. The molecule has 0 amide bonds. The summed E-state index contributed by atoms with van der Waals surface area (Å²) in [7, 11) is 0. The number of rotatable bonds is 4. The molecule has 0 aliphatic heterocycles. The van der Waals surface area contributed by atoms with Crippen LogP contribution in [0.2, 0.25) is 0 Å². The van der Waals surface area contributed by atoms with Gasteiger partial charge in [-0.3, -0.25) is 0 Å². The molecule has 0 aromatic heterocycles. The van der Waals surface area contributed by atoms with Crippen molar-refractivity contribution in [1.82, 2.24) is 0 Å². The van der Waals surface area contributed by atoms with Crippen LogP contribution in [0.5, 0.6) is 5.75 Å². The van der Waals surface area contributed by atoms with Crippen LogP contribution >= 0.6 is 15.9 Å². The van der Waals surface area contributed by atoms with Crippen LogP contribution in [0, 0.1) is 24.7 Å². The average molecular weight is 339 g/mol. The van der Waals surface area contributed by atoms with Gasteiger partial charge in [-0.15, -0.1) is 0 Å². The lowest BCUT2D eigenvalue weighted by Crippen LogP contribution is -2.19. The lowest BCUT2D eigenvalue weighted by Gasteiger charge is -2.23. The molecule has 0 heterocycles. The molecule has 108 valence electrons. The molecule has 1 N–H and O–H groups in total. The van der Waals surface area contributed by atoms with Gasteiger partial charge < -0.3 is 9.84 Å². The van der Waals surface area contributed by atoms with Crippen molar-refractivity contribution in [3.63, 3.8) is 0 Å². The molecule has 0 radical (unpaired) electrons. The van der Waals surface area contributed by atoms with Gasteiger partial charge in [-0.25, -0.2) is 4.79 Å². The largest absolute Gasteiger partial charge is 0.492 e. The summed E-state index contributed by atoms with van der Waals surface area (Å²) in [5.41, 5.74) is 1.12. The molecule has 0 spiro atoms. The first-order valence-corrected chi connectivity index (χ1v) is 8.00. The van der Waals surface area contributed by atoms with E-state index in [4.69, 9.17) is 4.74 Å². The monoisotopic (exact) mass is 338 g/mol. The van der Waals surface area contributed by atoms with Gasteiger partial charge in [0.2, 0.25) is 0 Å². The molecule has 3 atom stereocenters. The van der Waals surface area contributed by atoms with Gasteiger partial charge >= 0.3 is 5.97 Å². The van der Waals surface area contributed by atoms with E-state index < -0.39 is 5.97 Å². The first-order valence-electron chi connectivity index (χ1n) is 7.21. The standard InChI is InChI=1S/C16H19BrO3/c1-9-4-13(17)7-14(16(18)19)15(9)20-8-12-6-10-2-3-11(12)5-10/h4,7,10-12H,2-3,5-6,8H2,1H3,(H,18,19). The van der Waals surface area contributed by atoms with Crippen LogP contribution in [0.4, 0.5) is 0 Å². The van der Waals surface area contributed by atoms with E-state index in [9.17, 15) is 9.90 Å². The van der Waals surface area contributed by atoms with Gasteiger partial charge in [0.1, 0.15) is 11.3 Å². The Bertz CT molecular complexity index is 541. The Kier molecular flexibility index (Phi) is 3.76. The van der Waals surface area contributed by atoms with E-state index in [2.05, 4.69) is 15.9 Å². The van der Waals surface area contributed by atoms with Crippen LogP contribution in [0.1, 0.15) is 41.6 Å². The van der Waals surface area contributed by atoms with Gasteiger partial charge in [0.25, 0.3) is 0 Å². The zero-order chi connectivity index (χ0) is 14.3. The van der Waals surface area contributed by atoms with Crippen molar-refractivity contribution < 1.29 is 14.6 Å². The lowest BCUT2D eigenvalue weighted by molar-refractivity contribution is 0.0690. The van der Waals surface area contributed by atoms with Gasteiger partial charge in [0.05, 0.1) is 6.61 Å². The molecule has 0 saturated heterocycles. The van der Waals surface area contributed by atoms with Gasteiger partial charge in [0, 0.05) is 4.47 Å². The van der Waals surface area contributed by atoms with E-state index >= 15 is 0 Å². The van der Waals surface area contributed by atoms with Crippen LogP contribution in [-0.4, -0.2) is 17.7 Å². The van der Waals surface area contributed by atoms with Gasteiger partial charge in [-0.05, 0) is 61.6 Å². The number of ether oxygens (including phenoxy) is 1. The Balaban J connectivity index is 1.75. The van der Waals surface area contributed by atoms with Crippen molar-refractivity contribution in [1.29, 1.82) is 0 Å². The first kappa shape index (κ1) is 13.9. The normalized spacial score (nSPS) is 27.8. The molecule has 2 saturated carbocycles. The fraction of sp³-hybridized carbons (Fsp3) is 0.562. The number of aryl methyl sites for hydroxylation is 1. The number of hydrogen-bond donors (Lipinski definition) is 1. The molecule has 2 aliphatic carbocycles. The van der Waals surface area contributed by atoms with Crippen LogP contribution in [0.3, 0.4) is 0 Å². The topological polar surface area (TPSA) is 46.5 Å². The second kappa shape index (κ2) is 5.40. The van der Waals surface area contributed by atoms with E-state index in [0.717, 1.165) is 21.9 Å². The fourth-order valence-corrected chi connectivity index (χ4v) is 4.42. The molecule has 3 nitrogen and oxygen atoms in total. The van der Waals surface area contributed by atoms with Crippen LogP contribution < -0.4 is 4.74 Å². The second-order valence-electron chi connectivity index (χ2n) is 6.15. The molecular weight excluding hydrogens is 320 g/mol. The Morgan fingerprint density at radius 2 is 2.20 bits per heavy atom. The number of fused-ring (bicyclic) bond motifs is 2. The van der Waals surface area contributed by atoms with Gasteiger partial charge in [-0.1, -0.05) is 22.4 Å². The van der Waals surface area contributed by atoms with Crippen LogP contribution in [-0.2, 0) is 0 Å². The Labute approximate surface area is 127 Å². The van der Waals surface area contributed by atoms with Crippen molar-refractivity contribution in [2.24, 2.45) is 17.8 Å². The minimum Gasteiger partial charge on any atom is -0.492 e. The number of carbonyl (C=O) groups is 1. The summed E-state index contributed by atoms with van der Waals surface area (Å²) < 4.78 is 6.70. The predicted octanol–water partition coefficient (Wildman–Crippen LogP) is 4.27.